The summed E-state index contributed by atoms with van der Waals surface area (Å²) < 4.78 is 18.6. The predicted octanol–water partition coefficient (Wildman–Crippen LogP) is 2.11. The highest BCUT2D eigenvalue weighted by molar-refractivity contribution is 5.96. The van der Waals surface area contributed by atoms with E-state index >= 15 is 0 Å². The molecule has 0 saturated heterocycles. The zero-order valence-corrected chi connectivity index (χ0v) is 9.25. The molecule has 0 aliphatic rings. The van der Waals surface area contributed by atoms with E-state index in [1.54, 1.807) is 18.2 Å². The SMILES string of the molecule is N/C(=N\O)c1ccc(Oc2ccccc2F)nc1. The average Bonchev–Trinajstić information content (AvgIpc) is 2.41. The Morgan fingerprint density at radius 3 is 2.67 bits per heavy atom. The molecule has 0 bridgehead atoms. The van der Waals surface area contributed by atoms with Gasteiger partial charge in [-0.25, -0.2) is 9.37 Å². The van der Waals surface area contributed by atoms with Crippen LogP contribution in [-0.4, -0.2) is 16.0 Å². The van der Waals surface area contributed by atoms with Gasteiger partial charge in [0.05, 0.1) is 0 Å². The first-order chi connectivity index (χ1) is 8.70. The monoisotopic (exact) mass is 247 g/mol. The summed E-state index contributed by atoms with van der Waals surface area (Å²) in [5.41, 5.74) is 5.82. The van der Waals surface area contributed by atoms with E-state index in [0.717, 1.165) is 0 Å². The van der Waals surface area contributed by atoms with Gasteiger partial charge in [-0.2, -0.15) is 0 Å². The molecule has 0 atom stereocenters. The van der Waals surface area contributed by atoms with Crippen LogP contribution in [0.4, 0.5) is 4.39 Å². The summed E-state index contributed by atoms with van der Waals surface area (Å²) in [6.45, 7) is 0. The lowest BCUT2D eigenvalue weighted by Gasteiger charge is -2.05. The van der Waals surface area contributed by atoms with E-state index in [2.05, 4.69) is 10.1 Å². The zero-order valence-electron chi connectivity index (χ0n) is 9.25. The van der Waals surface area contributed by atoms with Crippen LogP contribution in [0.3, 0.4) is 0 Å². The molecule has 18 heavy (non-hydrogen) atoms. The van der Waals surface area contributed by atoms with Crippen molar-refractivity contribution in [2.24, 2.45) is 10.9 Å². The normalized spacial score (nSPS) is 11.3. The number of hydrogen-bond acceptors (Lipinski definition) is 4. The molecule has 2 aromatic rings. The van der Waals surface area contributed by atoms with Crippen molar-refractivity contribution in [2.45, 2.75) is 0 Å². The Kier molecular flexibility index (Phi) is 3.38. The van der Waals surface area contributed by atoms with Crippen LogP contribution in [-0.2, 0) is 0 Å². The van der Waals surface area contributed by atoms with Gasteiger partial charge in [0.2, 0.25) is 5.88 Å². The fourth-order valence-electron chi connectivity index (χ4n) is 1.29. The number of nitrogens with two attached hydrogens (primary N) is 1. The van der Waals surface area contributed by atoms with Gasteiger partial charge in [-0.15, -0.1) is 0 Å². The predicted molar refractivity (Wildman–Crippen MR) is 63.2 cm³/mol. The fraction of sp³-hybridized carbons (Fsp3) is 0. The molecular weight excluding hydrogens is 237 g/mol. The van der Waals surface area contributed by atoms with Crippen molar-refractivity contribution in [3.05, 3.63) is 54.0 Å². The minimum absolute atomic E-state index is 0.0556. The van der Waals surface area contributed by atoms with Crippen LogP contribution >= 0.6 is 0 Å². The quantitative estimate of drug-likeness (QED) is 0.376. The first-order valence-corrected chi connectivity index (χ1v) is 5.07. The highest BCUT2D eigenvalue weighted by Gasteiger charge is 2.05. The molecule has 0 saturated carbocycles. The van der Waals surface area contributed by atoms with Crippen molar-refractivity contribution >= 4 is 5.84 Å². The van der Waals surface area contributed by atoms with Gasteiger partial charge in [-0.1, -0.05) is 17.3 Å². The standard InChI is InChI=1S/C12H10FN3O2/c13-9-3-1-2-4-10(9)18-11-6-5-8(7-15-11)12(14)16-17/h1-7,17H,(H2,14,16). The maximum Gasteiger partial charge on any atom is 0.219 e. The van der Waals surface area contributed by atoms with Crippen LogP contribution < -0.4 is 10.5 Å². The minimum Gasteiger partial charge on any atom is -0.436 e. The number of oxime groups is 1. The van der Waals surface area contributed by atoms with Gasteiger partial charge in [0, 0.05) is 17.8 Å². The van der Waals surface area contributed by atoms with Crippen LogP contribution in [0.2, 0.25) is 0 Å². The Balaban J connectivity index is 2.19. The Labute approximate surface area is 102 Å². The van der Waals surface area contributed by atoms with Gasteiger partial charge in [0.1, 0.15) is 0 Å². The van der Waals surface area contributed by atoms with Crippen LogP contribution in [0, 0.1) is 5.82 Å². The van der Waals surface area contributed by atoms with Crippen molar-refractivity contribution in [2.75, 3.05) is 0 Å². The summed E-state index contributed by atoms with van der Waals surface area (Å²) in [6, 6.07) is 9.06. The molecular formula is C12H10FN3O2. The largest absolute Gasteiger partial charge is 0.436 e. The van der Waals surface area contributed by atoms with E-state index in [1.807, 2.05) is 0 Å². The number of benzene rings is 1. The van der Waals surface area contributed by atoms with Crippen molar-refractivity contribution in [3.63, 3.8) is 0 Å². The van der Waals surface area contributed by atoms with Crippen molar-refractivity contribution in [1.82, 2.24) is 4.98 Å². The number of amidine groups is 1. The Morgan fingerprint density at radius 2 is 2.06 bits per heavy atom. The molecule has 0 aliphatic carbocycles. The summed E-state index contributed by atoms with van der Waals surface area (Å²) in [7, 11) is 0. The maximum absolute atomic E-state index is 13.3. The van der Waals surface area contributed by atoms with E-state index in [9.17, 15) is 4.39 Å². The van der Waals surface area contributed by atoms with Crippen LogP contribution in [0.5, 0.6) is 11.6 Å². The molecule has 2 rings (SSSR count). The number of nitrogens with zero attached hydrogens (tertiary/aromatic N) is 2. The number of para-hydroxylation sites is 1. The van der Waals surface area contributed by atoms with Crippen molar-refractivity contribution in [3.8, 4) is 11.6 Å². The molecule has 92 valence electrons. The number of hydrogen-bond donors (Lipinski definition) is 2. The Hall–Kier alpha value is -2.63. The van der Waals surface area contributed by atoms with E-state index in [-0.39, 0.29) is 17.5 Å². The molecule has 0 unspecified atom stereocenters. The molecule has 6 heteroatoms. The lowest BCUT2D eigenvalue weighted by atomic mass is 10.3. The molecule has 1 aromatic carbocycles. The van der Waals surface area contributed by atoms with Gasteiger partial charge in [-0.3, -0.25) is 0 Å². The van der Waals surface area contributed by atoms with Gasteiger partial charge in [-0.05, 0) is 18.2 Å². The number of halogens is 1. The van der Waals surface area contributed by atoms with Gasteiger partial charge in [0.25, 0.3) is 0 Å². The lowest BCUT2D eigenvalue weighted by Crippen LogP contribution is -2.13. The molecule has 0 spiro atoms. The second-order valence-corrected chi connectivity index (χ2v) is 3.40. The fourth-order valence-corrected chi connectivity index (χ4v) is 1.29. The van der Waals surface area contributed by atoms with Gasteiger partial charge < -0.3 is 15.7 Å². The van der Waals surface area contributed by atoms with Gasteiger partial charge in [0.15, 0.2) is 17.4 Å². The number of aromatic nitrogens is 1. The molecule has 5 nitrogen and oxygen atoms in total. The summed E-state index contributed by atoms with van der Waals surface area (Å²) in [4.78, 5) is 3.92. The smallest absolute Gasteiger partial charge is 0.219 e. The molecule has 0 fully saturated rings. The molecule has 1 heterocycles. The number of rotatable bonds is 3. The van der Waals surface area contributed by atoms with Crippen molar-refractivity contribution < 1.29 is 14.3 Å². The summed E-state index contributed by atoms with van der Waals surface area (Å²) in [5.74, 6) is -0.226. The Bertz CT molecular complexity index is 570. The zero-order chi connectivity index (χ0) is 13.0. The van der Waals surface area contributed by atoms with Crippen LogP contribution in [0.1, 0.15) is 5.56 Å². The number of pyridine rings is 1. The first kappa shape index (κ1) is 11.8. The third-order valence-corrected chi connectivity index (χ3v) is 2.19. The highest BCUT2D eigenvalue weighted by atomic mass is 19.1. The molecule has 1 aromatic heterocycles. The van der Waals surface area contributed by atoms with E-state index in [1.165, 1.54) is 24.4 Å². The van der Waals surface area contributed by atoms with E-state index < -0.39 is 5.82 Å². The molecule has 0 radical (unpaired) electrons. The summed E-state index contributed by atoms with van der Waals surface area (Å²) in [6.07, 6.45) is 1.37. The summed E-state index contributed by atoms with van der Waals surface area (Å²) in [5, 5.41) is 11.3. The first-order valence-electron chi connectivity index (χ1n) is 5.07. The Morgan fingerprint density at radius 1 is 1.28 bits per heavy atom. The third kappa shape index (κ3) is 2.54. The lowest BCUT2D eigenvalue weighted by molar-refractivity contribution is 0.318. The van der Waals surface area contributed by atoms with E-state index in [4.69, 9.17) is 15.7 Å². The van der Waals surface area contributed by atoms with Crippen LogP contribution in [0.15, 0.2) is 47.8 Å². The van der Waals surface area contributed by atoms with Crippen LogP contribution in [0.25, 0.3) is 0 Å². The maximum atomic E-state index is 13.3. The average molecular weight is 247 g/mol. The molecule has 0 aliphatic heterocycles. The topological polar surface area (TPSA) is 80.7 Å². The highest BCUT2D eigenvalue weighted by Crippen LogP contribution is 2.22. The number of ether oxygens (including phenoxy) is 1. The second-order valence-electron chi connectivity index (χ2n) is 3.40. The van der Waals surface area contributed by atoms with Gasteiger partial charge >= 0.3 is 0 Å². The summed E-state index contributed by atoms with van der Waals surface area (Å²) >= 11 is 0. The minimum atomic E-state index is -0.472. The molecule has 3 N–H and O–H groups in total. The van der Waals surface area contributed by atoms with E-state index in [0.29, 0.717) is 5.56 Å². The second kappa shape index (κ2) is 5.13. The third-order valence-electron chi connectivity index (χ3n) is 2.19. The van der Waals surface area contributed by atoms with Crippen molar-refractivity contribution in [1.29, 1.82) is 0 Å². The molecule has 0 amide bonds.